The summed E-state index contributed by atoms with van der Waals surface area (Å²) in [6.07, 6.45) is 2.03. The van der Waals surface area contributed by atoms with Crippen molar-refractivity contribution in [3.63, 3.8) is 0 Å². The van der Waals surface area contributed by atoms with Gasteiger partial charge in [0.25, 0.3) is 5.56 Å². The third-order valence-electron chi connectivity index (χ3n) is 2.81. The molecule has 0 spiro atoms. The smallest absolute Gasteiger partial charge is 0.251 e. The van der Waals surface area contributed by atoms with Crippen LogP contribution in [0, 0.1) is 24.2 Å². The van der Waals surface area contributed by atoms with Crippen molar-refractivity contribution in [1.82, 2.24) is 9.97 Å². The zero-order valence-corrected chi connectivity index (χ0v) is 10.4. The average Bonchev–Trinajstić information content (AvgIpc) is 3.08. The second-order valence-corrected chi connectivity index (χ2v) is 5.37. The predicted molar refractivity (Wildman–Crippen MR) is 65.6 cm³/mol. The Kier molecular flexibility index (Phi) is 3.22. The summed E-state index contributed by atoms with van der Waals surface area (Å²) in [6, 6.07) is 3.61. The third kappa shape index (κ3) is 2.87. The number of aromatic amines is 1. The van der Waals surface area contributed by atoms with Crippen molar-refractivity contribution in [2.75, 3.05) is 5.75 Å². The third-order valence-corrected chi connectivity index (χ3v) is 3.90. The summed E-state index contributed by atoms with van der Waals surface area (Å²) in [5.41, 5.74) is 5.72. The molecule has 0 aromatic carbocycles. The molecule has 0 bridgehead atoms. The highest BCUT2D eigenvalue weighted by Gasteiger charge is 2.42. The Morgan fingerprint density at radius 2 is 2.47 bits per heavy atom. The van der Waals surface area contributed by atoms with E-state index in [2.05, 4.69) is 16.0 Å². The molecule has 0 aliphatic heterocycles. The van der Waals surface area contributed by atoms with E-state index in [1.165, 1.54) is 17.8 Å². The van der Waals surface area contributed by atoms with Gasteiger partial charge in [0.05, 0.1) is 6.07 Å². The highest BCUT2D eigenvalue weighted by Crippen LogP contribution is 2.40. The van der Waals surface area contributed by atoms with Crippen LogP contribution in [0.1, 0.15) is 18.5 Å². The average molecular weight is 250 g/mol. The van der Waals surface area contributed by atoms with Gasteiger partial charge in [-0.25, -0.2) is 4.98 Å². The molecular formula is C11H14N4OS. The van der Waals surface area contributed by atoms with Crippen LogP contribution in [0.5, 0.6) is 0 Å². The Labute approximate surface area is 103 Å². The number of thioether (sulfide) groups is 1. The Morgan fingerprint density at radius 3 is 3.00 bits per heavy atom. The molecule has 0 radical (unpaired) electrons. The quantitative estimate of drug-likeness (QED) is 0.608. The summed E-state index contributed by atoms with van der Waals surface area (Å²) in [5.74, 6) is 0.747. The first-order valence-electron chi connectivity index (χ1n) is 5.44. The predicted octanol–water partition coefficient (Wildman–Crippen LogP) is 0.802. The van der Waals surface area contributed by atoms with Crippen LogP contribution in [0.4, 0.5) is 0 Å². The molecule has 1 aliphatic carbocycles. The van der Waals surface area contributed by atoms with Crippen molar-refractivity contribution in [2.45, 2.75) is 30.5 Å². The van der Waals surface area contributed by atoms with E-state index in [1.54, 1.807) is 6.92 Å². The van der Waals surface area contributed by atoms with Gasteiger partial charge in [-0.05, 0) is 25.7 Å². The number of nitrogens with one attached hydrogen (secondary N) is 1. The Morgan fingerprint density at radius 1 is 1.76 bits per heavy atom. The van der Waals surface area contributed by atoms with Crippen molar-refractivity contribution < 1.29 is 0 Å². The molecule has 0 amide bonds. The van der Waals surface area contributed by atoms with Gasteiger partial charge in [0.1, 0.15) is 5.54 Å². The van der Waals surface area contributed by atoms with Crippen molar-refractivity contribution in [3.05, 3.63) is 22.1 Å². The van der Waals surface area contributed by atoms with E-state index < -0.39 is 5.54 Å². The molecule has 1 aromatic heterocycles. The number of nitrogens with two attached hydrogens (primary N) is 1. The van der Waals surface area contributed by atoms with Crippen LogP contribution in [-0.2, 0) is 0 Å². The fraction of sp³-hybridized carbons (Fsp3) is 0.545. The summed E-state index contributed by atoms with van der Waals surface area (Å²) >= 11 is 1.33. The zero-order valence-electron chi connectivity index (χ0n) is 9.56. The van der Waals surface area contributed by atoms with E-state index in [4.69, 9.17) is 11.0 Å². The molecule has 1 unspecified atom stereocenters. The molecule has 1 fully saturated rings. The molecule has 1 atom stereocenters. The maximum absolute atomic E-state index is 11.2. The van der Waals surface area contributed by atoms with Crippen LogP contribution in [0.25, 0.3) is 0 Å². The van der Waals surface area contributed by atoms with E-state index >= 15 is 0 Å². The van der Waals surface area contributed by atoms with E-state index in [9.17, 15) is 4.79 Å². The van der Waals surface area contributed by atoms with Crippen LogP contribution in [0.15, 0.2) is 16.0 Å². The Balaban J connectivity index is 2.06. The number of aryl methyl sites for hydroxylation is 1. The molecule has 1 heterocycles. The van der Waals surface area contributed by atoms with Gasteiger partial charge >= 0.3 is 0 Å². The van der Waals surface area contributed by atoms with Crippen LogP contribution >= 0.6 is 11.8 Å². The minimum Gasteiger partial charge on any atom is -0.312 e. The number of hydrogen-bond acceptors (Lipinski definition) is 5. The van der Waals surface area contributed by atoms with Crippen LogP contribution < -0.4 is 11.3 Å². The topological polar surface area (TPSA) is 95.6 Å². The van der Waals surface area contributed by atoms with E-state index in [0.29, 0.717) is 16.6 Å². The minimum absolute atomic E-state index is 0.175. The lowest BCUT2D eigenvalue weighted by atomic mass is 10.00. The molecule has 3 N–H and O–H groups in total. The number of aromatic nitrogens is 2. The van der Waals surface area contributed by atoms with Crippen molar-refractivity contribution in [2.24, 2.45) is 11.7 Å². The largest absolute Gasteiger partial charge is 0.312 e. The molecule has 6 heteroatoms. The highest BCUT2D eigenvalue weighted by molar-refractivity contribution is 7.99. The molecule has 0 saturated heterocycles. The molecular weight excluding hydrogens is 236 g/mol. The molecule has 17 heavy (non-hydrogen) atoms. The molecule has 2 rings (SSSR count). The number of rotatable bonds is 4. The summed E-state index contributed by atoms with van der Waals surface area (Å²) in [6.45, 7) is 1.76. The highest BCUT2D eigenvalue weighted by atomic mass is 32.2. The first kappa shape index (κ1) is 12.1. The van der Waals surface area contributed by atoms with Gasteiger partial charge in [-0.1, -0.05) is 11.8 Å². The summed E-state index contributed by atoms with van der Waals surface area (Å²) < 4.78 is 0. The van der Waals surface area contributed by atoms with Gasteiger partial charge in [-0.2, -0.15) is 5.26 Å². The fourth-order valence-electron chi connectivity index (χ4n) is 1.65. The van der Waals surface area contributed by atoms with E-state index in [-0.39, 0.29) is 11.5 Å². The first-order valence-corrected chi connectivity index (χ1v) is 6.43. The Hall–Kier alpha value is -1.32. The monoisotopic (exact) mass is 250 g/mol. The van der Waals surface area contributed by atoms with Crippen LogP contribution in [0.2, 0.25) is 0 Å². The molecule has 1 aliphatic rings. The number of nitrogens with zero attached hydrogens (tertiary/aromatic N) is 2. The van der Waals surface area contributed by atoms with Gasteiger partial charge < -0.3 is 10.7 Å². The zero-order chi connectivity index (χ0) is 12.5. The van der Waals surface area contributed by atoms with Crippen LogP contribution in [0.3, 0.4) is 0 Å². The maximum Gasteiger partial charge on any atom is 0.251 e. The minimum atomic E-state index is -0.799. The maximum atomic E-state index is 11.2. The summed E-state index contributed by atoms with van der Waals surface area (Å²) in [7, 11) is 0. The molecule has 1 aromatic rings. The van der Waals surface area contributed by atoms with Gasteiger partial charge in [0.15, 0.2) is 5.16 Å². The molecule has 1 saturated carbocycles. The van der Waals surface area contributed by atoms with Crippen molar-refractivity contribution in [1.29, 1.82) is 5.26 Å². The Bertz CT molecular complexity index is 517. The lowest BCUT2D eigenvalue weighted by Crippen LogP contribution is -2.43. The standard InChI is InChI=1S/C11H14N4OS/c1-7-4-9(16)15-10(14-7)17-6-11(13,5-12)8-2-3-8/h4,8H,2-3,6,13H2,1H3,(H,14,15,16). The van der Waals surface area contributed by atoms with Gasteiger partial charge in [-0.15, -0.1) is 0 Å². The first-order chi connectivity index (χ1) is 8.03. The summed E-state index contributed by atoms with van der Waals surface area (Å²) in [5, 5.41) is 9.63. The van der Waals surface area contributed by atoms with Crippen molar-refractivity contribution in [3.8, 4) is 6.07 Å². The number of H-pyrrole nitrogens is 1. The number of hydrogen-bond donors (Lipinski definition) is 2. The van der Waals surface area contributed by atoms with Gasteiger partial charge in [0.2, 0.25) is 0 Å². The molecule has 5 nitrogen and oxygen atoms in total. The SMILES string of the molecule is Cc1cc(=O)[nH]c(SCC(N)(C#N)C2CC2)n1. The van der Waals surface area contributed by atoms with Gasteiger partial charge in [0, 0.05) is 17.5 Å². The van der Waals surface area contributed by atoms with Crippen LogP contribution in [-0.4, -0.2) is 21.3 Å². The number of nitriles is 1. The van der Waals surface area contributed by atoms with Gasteiger partial charge in [-0.3, -0.25) is 4.79 Å². The summed E-state index contributed by atoms with van der Waals surface area (Å²) in [4.78, 5) is 18.1. The van der Waals surface area contributed by atoms with E-state index in [1.807, 2.05) is 0 Å². The lowest BCUT2D eigenvalue weighted by molar-refractivity contribution is 0.532. The second kappa shape index (κ2) is 4.51. The molecule has 90 valence electrons. The fourth-order valence-corrected chi connectivity index (χ4v) is 2.70. The van der Waals surface area contributed by atoms with E-state index in [0.717, 1.165) is 12.8 Å². The lowest BCUT2D eigenvalue weighted by Gasteiger charge is -2.19. The van der Waals surface area contributed by atoms with Crippen molar-refractivity contribution >= 4 is 11.8 Å². The normalized spacial score (nSPS) is 18.4. The second-order valence-electron chi connectivity index (χ2n) is 4.41.